The molecule has 19 heavy (non-hydrogen) atoms. The molecular weight excluding hydrogens is 232 g/mol. The molecule has 0 saturated heterocycles. The van der Waals surface area contributed by atoms with Crippen molar-refractivity contribution in [2.45, 2.75) is 13.3 Å². The van der Waals surface area contributed by atoms with E-state index in [9.17, 15) is 0 Å². The van der Waals surface area contributed by atoms with Crippen LogP contribution in [0.25, 0.3) is 16.6 Å². The molecule has 3 aromatic rings. The summed E-state index contributed by atoms with van der Waals surface area (Å²) in [6.07, 6.45) is 1.03. The van der Waals surface area contributed by atoms with Crippen molar-refractivity contribution in [1.29, 1.82) is 0 Å². The Balaban J connectivity index is 2.33. The number of hydrogen-bond acceptors (Lipinski definition) is 0. The minimum Gasteiger partial charge on any atom is -0.357 e. The lowest BCUT2D eigenvalue weighted by molar-refractivity contribution is -0.366. The van der Waals surface area contributed by atoms with Gasteiger partial charge in [0.2, 0.25) is 0 Å². The zero-order chi connectivity index (χ0) is 13.2. The average Bonchev–Trinajstić information content (AvgIpc) is 2.73. The molecule has 3 N–H and O–H groups in total. The highest BCUT2D eigenvalue weighted by molar-refractivity contribution is 5.87. The van der Waals surface area contributed by atoms with Crippen LogP contribution in [0, 0.1) is 6.92 Å². The largest absolute Gasteiger partial charge is 0.357 e. The van der Waals surface area contributed by atoms with Crippen LogP contribution in [-0.2, 0) is 6.42 Å². The molecule has 2 heteroatoms. The summed E-state index contributed by atoms with van der Waals surface area (Å²) in [5.74, 6) is 0. The third kappa shape index (κ3) is 1.94. The first-order chi connectivity index (χ1) is 9.33. The van der Waals surface area contributed by atoms with Crippen LogP contribution in [0.2, 0.25) is 0 Å². The van der Waals surface area contributed by atoms with Crippen molar-refractivity contribution < 1.29 is 5.73 Å². The van der Waals surface area contributed by atoms with Crippen LogP contribution in [-0.4, -0.2) is 11.1 Å². The van der Waals surface area contributed by atoms with Gasteiger partial charge in [-0.3, -0.25) is 0 Å². The molecule has 0 aliphatic heterocycles. The molecular formula is C17H19N2+. The summed E-state index contributed by atoms with van der Waals surface area (Å²) in [6.45, 7) is 3.14. The van der Waals surface area contributed by atoms with Gasteiger partial charge < -0.3 is 10.3 Å². The van der Waals surface area contributed by atoms with Gasteiger partial charge in [0.1, 0.15) is 0 Å². The SMILES string of the molecule is Cc1c(CC[NH3+])c2ccccc2n1-c1ccccc1. The molecule has 0 aliphatic rings. The Bertz CT molecular complexity index is 696. The number of quaternary nitrogens is 1. The molecule has 0 fully saturated rings. The van der Waals surface area contributed by atoms with Gasteiger partial charge >= 0.3 is 0 Å². The maximum absolute atomic E-state index is 4.00. The lowest BCUT2D eigenvalue weighted by Crippen LogP contribution is -2.51. The minimum absolute atomic E-state index is 0.934. The molecule has 0 saturated carbocycles. The summed E-state index contributed by atoms with van der Waals surface area (Å²) in [5.41, 5.74) is 9.27. The van der Waals surface area contributed by atoms with E-state index in [1.54, 1.807) is 0 Å². The second kappa shape index (κ2) is 4.90. The van der Waals surface area contributed by atoms with Gasteiger partial charge in [0.15, 0.2) is 0 Å². The fourth-order valence-electron chi connectivity index (χ4n) is 2.84. The molecule has 0 aliphatic carbocycles. The Morgan fingerprint density at radius 1 is 0.947 bits per heavy atom. The topological polar surface area (TPSA) is 32.6 Å². The first-order valence-corrected chi connectivity index (χ1v) is 6.76. The van der Waals surface area contributed by atoms with E-state index in [1.165, 1.54) is 27.8 Å². The van der Waals surface area contributed by atoms with Crippen LogP contribution < -0.4 is 5.73 Å². The molecule has 0 radical (unpaired) electrons. The average molecular weight is 251 g/mol. The van der Waals surface area contributed by atoms with Gasteiger partial charge in [0.25, 0.3) is 0 Å². The predicted octanol–water partition coefficient (Wildman–Crippen LogP) is 2.72. The van der Waals surface area contributed by atoms with Gasteiger partial charge in [-0.15, -0.1) is 0 Å². The van der Waals surface area contributed by atoms with Gasteiger partial charge in [0, 0.05) is 23.2 Å². The molecule has 0 unspecified atom stereocenters. The first kappa shape index (κ1) is 12.0. The van der Waals surface area contributed by atoms with E-state index in [2.05, 4.69) is 71.8 Å². The molecule has 2 nitrogen and oxygen atoms in total. The molecule has 0 bridgehead atoms. The zero-order valence-electron chi connectivity index (χ0n) is 11.3. The monoisotopic (exact) mass is 251 g/mol. The highest BCUT2D eigenvalue weighted by Gasteiger charge is 2.14. The number of hydrogen-bond donors (Lipinski definition) is 1. The first-order valence-electron chi connectivity index (χ1n) is 6.76. The van der Waals surface area contributed by atoms with E-state index in [0.717, 1.165) is 13.0 Å². The van der Waals surface area contributed by atoms with E-state index in [4.69, 9.17) is 0 Å². The van der Waals surface area contributed by atoms with Crippen molar-refractivity contribution in [1.82, 2.24) is 4.57 Å². The third-order valence-corrected chi connectivity index (χ3v) is 3.68. The second-order valence-corrected chi connectivity index (χ2v) is 4.86. The minimum atomic E-state index is 0.934. The van der Waals surface area contributed by atoms with E-state index in [1.807, 2.05) is 0 Å². The van der Waals surface area contributed by atoms with E-state index in [0.29, 0.717) is 0 Å². The number of benzene rings is 2. The quantitative estimate of drug-likeness (QED) is 0.742. The van der Waals surface area contributed by atoms with E-state index in [-0.39, 0.29) is 0 Å². The number of aromatic nitrogens is 1. The van der Waals surface area contributed by atoms with Crippen LogP contribution in [0.1, 0.15) is 11.3 Å². The molecule has 96 valence electrons. The Labute approximate surface area is 113 Å². The van der Waals surface area contributed by atoms with Crippen LogP contribution in [0.3, 0.4) is 0 Å². The van der Waals surface area contributed by atoms with Crippen molar-refractivity contribution in [3.63, 3.8) is 0 Å². The van der Waals surface area contributed by atoms with Gasteiger partial charge in [-0.2, -0.15) is 0 Å². The van der Waals surface area contributed by atoms with Crippen molar-refractivity contribution in [2.75, 3.05) is 6.54 Å². The van der Waals surface area contributed by atoms with Crippen LogP contribution in [0.4, 0.5) is 0 Å². The fraction of sp³-hybridized carbons (Fsp3) is 0.176. The standard InChI is InChI=1S/C17H18N2/c1-13-15(11-12-18)16-9-5-6-10-17(16)19(13)14-7-3-2-4-8-14/h2-10H,11-12,18H2,1H3/p+1. The molecule has 0 amide bonds. The van der Waals surface area contributed by atoms with Crippen LogP contribution in [0.5, 0.6) is 0 Å². The highest BCUT2D eigenvalue weighted by atomic mass is 15.0. The number of fused-ring (bicyclic) bond motifs is 1. The molecule has 1 heterocycles. The molecule has 3 rings (SSSR count). The van der Waals surface area contributed by atoms with Crippen molar-refractivity contribution >= 4 is 10.9 Å². The van der Waals surface area contributed by atoms with Gasteiger partial charge in [-0.1, -0.05) is 36.4 Å². The lowest BCUT2D eigenvalue weighted by Gasteiger charge is -2.08. The predicted molar refractivity (Wildman–Crippen MR) is 79.5 cm³/mol. The molecule has 0 atom stereocenters. The summed E-state index contributed by atoms with van der Waals surface area (Å²) in [6, 6.07) is 19.2. The maximum atomic E-state index is 4.00. The number of para-hydroxylation sites is 2. The smallest absolute Gasteiger partial charge is 0.0781 e. The number of nitrogens with zero attached hydrogens (tertiary/aromatic N) is 1. The lowest BCUT2D eigenvalue weighted by atomic mass is 10.1. The third-order valence-electron chi connectivity index (χ3n) is 3.68. The van der Waals surface area contributed by atoms with Gasteiger partial charge in [-0.05, 0) is 30.7 Å². The van der Waals surface area contributed by atoms with Crippen molar-refractivity contribution in [3.05, 3.63) is 65.9 Å². The van der Waals surface area contributed by atoms with Crippen LogP contribution in [0.15, 0.2) is 54.6 Å². The fourth-order valence-corrected chi connectivity index (χ4v) is 2.84. The normalized spacial score (nSPS) is 11.1. The Hall–Kier alpha value is -2.06. The van der Waals surface area contributed by atoms with Gasteiger partial charge in [-0.25, -0.2) is 0 Å². The summed E-state index contributed by atoms with van der Waals surface area (Å²) in [5, 5.41) is 1.35. The highest BCUT2D eigenvalue weighted by Crippen LogP contribution is 2.29. The van der Waals surface area contributed by atoms with Crippen LogP contribution >= 0.6 is 0 Å². The Morgan fingerprint density at radius 2 is 1.63 bits per heavy atom. The van der Waals surface area contributed by atoms with Gasteiger partial charge in [0.05, 0.1) is 12.1 Å². The van der Waals surface area contributed by atoms with Crippen molar-refractivity contribution in [3.8, 4) is 5.69 Å². The Morgan fingerprint density at radius 3 is 2.37 bits per heavy atom. The number of rotatable bonds is 3. The maximum Gasteiger partial charge on any atom is 0.0781 e. The molecule has 1 aromatic heterocycles. The molecule has 2 aromatic carbocycles. The van der Waals surface area contributed by atoms with E-state index >= 15 is 0 Å². The van der Waals surface area contributed by atoms with Crippen molar-refractivity contribution in [2.24, 2.45) is 0 Å². The molecule has 0 spiro atoms. The zero-order valence-corrected chi connectivity index (χ0v) is 11.3. The summed E-state index contributed by atoms with van der Waals surface area (Å²) < 4.78 is 2.35. The second-order valence-electron chi connectivity index (χ2n) is 4.86. The summed E-state index contributed by atoms with van der Waals surface area (Å²) in [7, 11) is 0. The van der Waals surface area contributed by atoms with E-state index < -0.39 is 0 Å². The summed E-state index contributed by atoms with van der Waals surface area (Å²) in [4.78, 5) is 0. The Kier molecular flexibility index (Phi) is 3.10. The summed E-state index contributed by atoms with van der Waals surface area (Å²) >= 11 is 0.